The fourth-order valence-corrected chi connectivity index (χ4v) is 3.76. The maximum absolute atomic E-state index is 3.40. The predicted molar refractivity (Wildman–Crippen MR) is 118 cm³/mol. The summed E-state index contributed by atoms with van der Waals surface area (Å²) in [4.78, 5) is 0. The van der Waals surface area contributed by atoms with Gasteiger partial charge in [0.2, 0.25) is 0 Å². The van der Waals surface area contributed by atoms with Crippen LogP contribution >= 0.6 is 0 Å². The van der Waals surface area contributed by atoms with Crippen molar-refractivity contribution < 1.29 is 0 Å². The van der Waals surface area contributed by atoms with Crippen LogP contribution in [0.1, 0.15) is 128 Å². The first-order chi connectivity index (χ1) is 13.0. The summed E-state index contributed by atoms with van der Waals surface area (Å²) >= 11 is 0. The minimum atomic E-state index is 1.12. The maximum atomic E-state index is 3.40. The SMILES string of the molecule is [C]1=C/C=C/C=C\CCCCCCCCCCCCCCCCCCCC/1. The molecule has 1 radical (unpaired) electrons. The Balaban J connectivity index is 2.13. The monoisotopic (exact) mass is 357 g/mol. The second-order valence-corrected chi connectivity index (χ2v) is 8.09. The van der Waals surface area contributed by atoms with Gasteiger partial charge in [0.25, 0.3) is 0 Å². The lowest BCUT2D eigenvalue weighted by molar-refractivity contribution is 0.524. The first kappa shape index (κ1) is 23.3. The third kappa shape index (κ3) is 18.0. The average Bonchev–Trinajstić information content (AvgIpc) is 2.65. The smallest absolute Gasteiger partial charge is 0.0276 e. The van der Waals surface area contributed by atoms with Crippen molar-refractivity contribution in [2.24, 2.45) is 0 Å². The molecule has 1 rings (SSSR count). The lowest BCUT2D eigenvalue weighted by Crippen LogP contribution is -1.84. The van der Waals surface area contributed by atoms with Gasteiger partial charge in [-0.1, -0.05) is 133 Å². The summed E-state index contributed by atoms with van der Waals surface area (Å²) in [5, 5.41) is 0. The first-order valence-electron chi connectivity index (χ1n) is 11.9. The molecule has 0 amide bonds. The van der Waals surface area contributed by atoms with Gasteiger partial charge in [-0.3, -0.25) is 0 Å². The zero-order valence-corrected chi connectivity index (χ0v) is 17.5. The average molecular weight is 358 g/mol. The summed E-state index contributed by atoms with van der Waals surface area (Å²) < 4.78 is 0. The molecule has 1 aliphatic rings. The zero-order valence-electron chi connectivity index (χ0n) is 17.5. The van der Waals surface area contributed by atoms with Gasteiger partial charge in [-0.05, 0) is 31.8 Å². The van der Waals surface area contributed by atoms with Gasteiger partial charge < -0.3 is 0 Å². The molecule has 1 aliphatic carbocycles. The van der Waals surface area contributed by atoms with Gasteiger partial charge in [0.15, 0.2) is 0 Å². The van der Waals surface area contributed by atoms with E-state index < -0.39 is 0 Å². The molecule has 0 nitrogen and oxygen atoms in total. The molecule has 149 valence electrons. The van der Waals surface area contributed by atoms with Crippen LogP contribution < -0.4 is 0 Å². The second kappa shape index (κ2) is 20.5. The Bertz CT molecular complexity index is 313. The Morgan fingerprint density at radius 3 is 1.31 bits per heavy atom. The van der Waals surface area contributed by atoms with Crippen LogP contribution in [0.25, 0.3) is 0 Å². The van der Waals surface area contributed by atoms with Crippen molar-refractivity contribution in [2.75, 3.05) is 0 Å². The number of rotatable bonds is 0. The van der Waals surface area contributed by atoms with E-state index in [1.807, 2.05) is 0 Å². The largest absolute Gasteiger partial charge is 0.0845 e. The van der Waals surface area contributed by atoms with Gasteiger partial charge in [-0.25, -0.2) is 0 Å². The normalized spacial score (nSPS) is 25.8. The van der Waals surface area contributed by atoms with Crippen LogP contribution in [0.3, 0.4) is 0 Å². The highest BCUT2D eigenvalue weighted by atomic mass is 14.0. The number of allylic oxidation sites excluding steroid dienone is 6. The molecular formula is C26H45. The molecule has 0 aromatic heterocycles. The molecular weight excluding hydrogens is 312 g/mol. The zero-order chi connectivity index (χ0) is 18.4. The van der Waals surface area contributed by atoms with Gasteiger partial charge in [0.05, 0.1) is 0 Å². The lowest BCUT2D eigenvalue weighted by atomic mass is 10.0. The molecule has 0 spiro atoms. The third-order valence-corrected chi connectivity index (χ3v) is 5.51. The van der Waals surface area contributed by atoms with Crippen LogP contribution in [0.4, 0.5) is 0 Å². The van der Waals surface area contributed by atoms with Gasteiger partial charge in [-0.15, -0.1) is 0 Å². The van der Waals surface area contributed by atoms with Crippen molar-refractivity contribution in [1.82, 2.24) is 0 Å². The van der Waals surface area contributed by atoms with Crippen LogP contribution in [0.15, 0.2) is 30.4 Å². The van der Waals surface area contributed by atoms with E-state index in [2.05, 4.69) is 36.5 Å². The highest BCUT2D eigenvalue weighted by molar-refractivity contribution is 5.09. The summed E-state index contributed by atoms with van der Waals surface area (Å²) in [6, 6.07) is 0. The summed E-state index contributed by atoms with van der Waals surface area (Å²) in [7, 11) is 0. The summed E-state index contributed by atoms with van der Waals surface area (Å²) in [5.74, 6) is 0. The Morgan fingerprint density at radius 1 is 0.385 bits per heavy atom. The summed E-state index contributed by atoms with van der Waals surface area (Å²) in [6.45, 7) is 0. The Hall–Kier alpha value is -0.780. The Morgan fingerprint density at radius 2 is 0.808 bits per heavy atom. The Labute approximate surface area is 165 Å². The van der Waals surface area contributed by atoms with E-state index in [1.165, 1.54) is 122 Å². The van der Waals surface area contributed by atoms with Crippen molar-refractivity contribution in [3.05, 3.63) is 36.5 Å². The van der Waals surface area contributed by atoms with Gasteiger partial charge in [-0.2, -0.15) is 0 Å². The van der Waals surface area contributed by atoms with Gasteiger partial charge in [0, 0.05) is 0 Å². The predicted octanol–water partition coefficient (Wildman–Crippen LogP) is 9.27. The fraction of sp³-hybridized carbons (Fsp3) is 0.769. The topological polar surface area (TPSA) is 0 Å². The highest BCUT2D eigenvalue weighted by Gasteiger charge is 1.95. The molecule has 0 unspecified atom stereocenters. The second-order valence-electron chi connectivity index (χ2n) is 8.09. The first-order valence-corrected chi connectivity index (χ1v) is 11.9. The van der Waals surface area contributed by atoms with E-state index in [4.69, 9.17) is 0 Å². The molecule has 26 heavy (non-hydrogen) atoms. The van der Waals surface area contributed by atoms with Crippen LogP contribution in [0, 0.1) is 6.08 Å². The number of hydrogen-bond donors (Lipinski definition) is 0. The van der Waals surface area contributed by atoms with Crippen molar-refractivity contribution in [2.45, 2.75) is 128 Å². The molecule has 0 atom stereocenters. The fourth-order valence-electron chi connectivity index (χ4n) is 3.76. The van der Waals surface area contributed by atoms with Gasteiger partial charge >= 0.3 is 0 Å². The molecule has 0 saturated carbocycles. The standard InChI is InChI=1S/C26H45/c1-2-4-6-8-10-12-14-16-18-20-22-24-26-25-23-21-19-17-15-13-11-9-7-5-3-1/h1-5H,6,8-26H2/b3-1+,4-2-,7-5?. The molecule has 0 N–H and O–H groups in total. The van der Waals surface area contributed by atoms with Crippen LogP contribution in [-0.2, 0) is 0 Å². The minimum absolute atomic E-state index is 1.12. The van der Waals surface area contributed by atoms with E-state index in [0.717, 1.165) is 6.42 Å². The summed E-state index contributed by atoms with van der Waals surface area (Å²) in [5.41, 5.74) is 0. The molecule has 0 heteroatoms. The van der Waals surface area contributed by atoms with Crippen molar-refractivity contribution >= 4 is 0 Å². The maximum Gasteiger partial charge on any atom is -0.0276 e. The third-order valence-electron chi connectivity index (χ3n) is 5.51. The quantitative estimate of drug-likeness (QED) is 0.405. The van der Waals surface area contributed by atoms with E-state index in [-0.39, 0.29) is 0 Å². The molecule has 0 aromatic rings. The number of hydrogen-bond acceptors (Lipinski definition) is 0. The van der Waals surface area contributed by atoms with Crippen LogP contribution in [0.2, 0.25) is 0 Å². The van der Waals surface area contributed by atoms with Crippen molar-refractivity contribution in [3.8, 4) is 0 Å². The van der Waals surface area contributed by atoms with E-state index in [1.54, 1.807) is 0 Å². The van der Waals surface area contributed by atoms with Gasteiger partial charge in [0.1, 0.15) is 0 Å². The Kier molecular flexibility index (Phi) is 18.4. The molecule has 0 aromatic carbocycles. The van der Waals surface area contributed by atoms with E-state index in [9.17, 15) is 0 Å². The molecule has 0 heterocycles. The van der Waals surface area contributed by atoms with Crippen LogP contribution in [-0.4, -0.2) is 0 Å². The minimum Gasteiger partial charge on any atom is -0.0845 e. The van der Waals surface area contributed by atoms with Crippen LogP contribution in [0.5, 0.6) is 0 Å². The molecule has 0 fully saturated rings. The summed E-state index contributed by atoms with van der Waals surface area (Å²) in [6.07, 6.45) is 42.5. The van der Waals surface area contributed by atoms with Crippen molar-refractivity contribution in [3.63, 3.8) is 0 Å². The van der Waals surface area contributed by atoms with E-state index in [0.29, 0.717) is 0 Å². The molecule has 0 aliphatic heterocycles. The highest BCUT2D eigenvalue weighted by Crippen LogP contribution is 2.15. The van der Waals surface area contributed by atoms with E-state index >= 15 is 0 Å². The lowest BCUT2D eigenvalue weighted by Gasteiger charge is -2.04. The van der Waals surface area contributed by atoms with Crippen molar-refractivity contribution in [1.29, 1.82) is 0 Å². The molecule has 0 bridgehead atoms. The molecule has 0 saturated heterocycles.